The third-order valence-corrected chi connectivity index (χ3v) is 9.73. The molecule has 1 saturated heterocycles. The highest BCUT2D eigenvalue weighted by atomic mass is 16.5. The number of hydrogen-bond donors (Lipinski definition) is 0. The van der Waals surface area contributed by atoms with Gasteiger partial charge in [-0.15, -0.1) is 0 Å². The molecule has 210 valence electrons. The molecule has 0 saturated carbocycles. The zero-order valence-electron chi connectivity index (χ0n) is 24.3. The Morgan fingerprint density at radius 3 is 2.36 bits per heavy atom. The van der Waals surface area contributed by atoms with Crippen LogP contribution in [-0.4, -0.2) is 55.8 Å². The van der Waals surface area contributed by atoms with Gasteiger partial charge in [-0.3, -0.25) is 9.69 Å². The quantitative estimate of drug-likeness (QED) is 0.405. The van der Waals surface area contributed by atoms with E-state index in [4.69, 9.17) is 9.47 Å². The SMILES string of the molecule is CCC1CN2CCc3cc(C)c(C)cc3C2CC1CC1c2cc(OC)c(OC)cc2CCN1C(=O)CCC=O. The van der Waals surface area contributed by atoms with E-state index in [0.29, 0.717) is 30.2 Å². The van der Waals surface area contributed by atoms with Crippen LogP contribution in [0.15, 0.2) is 24.3 Å². The van der Waals surface area contributed by atoms with Gasteiger partial charge in [-0.25, -0.2) is 0 Å². The Morgan fingerprint density at radius 2 is 1.64 bits per heavy atom. The number of amides is 1. The molecule has 0 N–H and O–H groups in total. The van der Waals surface area contributed by atoms with Crippen LogP contribution in [-0.2, 0) is 22.4 Å². The molecule has 6 nitrogen and oxygen atoms in total. The van der Waals surface area contributed by atoms with Crippen molar-refractivity contribution in [3.8, 4) is 11.5 Å². The lowest BCUT2D eigenvalue weighted by molar-refractivity contribution is -0.135. The number of rotatable bonds is 8. The molecule has 2 aromatic rings. The molecule has 1 amide bonds. The number of fused-ring (bicyclic) bond motifs is 4. The fraction of sp³-hybridized carbons (Fsp3) is 0.576. The Hall–Kier alpha value is -2.86. The van der Waals surface area contributed by atoms with Crippen LogP contribution in [0.1, 0.15) is 84.5 Å². The summed E-state index contributed by atoms with van der Waals surface area (Å²) in [7, 11) is 3.34. The zero-order valence-corrected chi connectivity index (χ0v) is 24.3. The lowest BCUT2D eigenvalue weighted by Gasteiger charge is -2.49. The van der Waals surface area contributed by atoms with E-state index in [0.717, 1.165) is 57.2 Å². The predicted molar refractivity (Wildman–Crippen MR) is 153 cm³/mol. The lowest BCUT2D eigenvalue weighted by Crippen LogP contribution is -2.47. The van der Waals surface area contributed by atoms with Gasteiger partial charge in [0.1, 0.15) is 6.29 Å². The molecule has 5 rings (SSSR count). The molecule has 4 atom stereocenters. The third kappa shape index (κ3) is 5.32. The first-order valence-corrected chi connectivity index (χ1v) is 14.7. The summed E-state index contributed by atoms with van der Waals surface area (Å²) in [5.74, 6) is 2.60. The maximum absolute atomic E-state index is 13.4. The minimum atomic E-state index is -0.0267. The number of benzene rings is 2. The van der Waals surface area contributed by atoms with Gasteiger partial charge in [0.2, 0.25) is 5.91 Å². The average molecular weight is 533 g/mol. The highest BCUT2D eigenvalue weighted by Gasteiger charge is 2.41. The van der Waals surface area contributed by atoms with Crippen molar-refractivity contribution < 1.29 is 19.1 Å². The smallest absolute Gasteiger partial charge is 0.223 e. The maximum atomic E-state index is 13.4. The summed E-state index contributed by atoms with van der Waals surface area (Å²) in [6, 6.07) is 9.45. The fourth-order valence-electron chi connectivity index (χ4n) is 7.41. The Kier molecular flexibility index (Phi) is 8.32. The Labute approximate surface area is 233 Å². The molecule has 3 heterocycles. The number of ether oxygens (including phenoxy) is 2. The summed E-state index contributed by atoms with van der Waals surface area (Å²) >= 11 is 0. The van der Waals surface area contributed by atoms with Crippen LogP contribution >= 0.6 is 0 Å². The van der Waals surface area contributed by atoms with Crippen molar-refractivity contribution in [2.45, 2.75) is 77.8 Å². The Balaban J connectivity index is 1.50. The van der Waals surface area contributed by atoms with Gasteiger partial charge in [0.25, 0.3) is 0 Å². The second kappa shape index (κ2) is 11.7. The zero-order chi connectivity index (χ0) is 27.7. The lowest BCUT2D eigenvalue weighted by atomic mass is 9.71. The Bertz CT molecular complexity index is 1220. The first kappa shape index (κ1) is 27.7. The van der Waals surface area contributed by atoms with Gasteiger partial charge in [0.15, 0.2) is 11.5 Å². The van der Waals surface area contributed by atoms with E-state index in [2.05, 4.69) is 54.8 Å². The van der Waals surface area contributed by atoms with E-state index in [1.807, 2.05) is 0 Å². The van der Waals surface area contributed by atoms with E-state index in [9.17, 15) is 9.59 Å². The van der Waals surface area contributed by atoms with E-state index in [1.165, 1.54) is 33.4 Å². The minimum absolute atomic E-state index is 0.0267. The van der Waals surface area contributed by atoms with Gasteiger partial charge in [-0.1, -0.05) is 25.5 Å². The minimum Gasteiger partial charge on any atom is -0.493 e. The van der Waals surface area contributed by atoms with Gasteiger partial charge < -0.3 is 19.2 Å². The van der Waals surface area contributed by atoms with Crippen LogP contribution in [0.25, 0.3) is 0 Å². The molecule has 0 spiro atoms. The molecular formula is C33H44N2O4. The maximum Gasteiger partial charge on any atom is 0.223 e. The number of aryl methyl sites for hydroxylation is 2. The molecule has 4 unspecified atom stereocenters. The highest BCUT2D eigenvalue weighted by molar-refractivity contribution is 5.79. The normalized spacial score (nSPS) is 24.4. The number of nitrogens with zero attached hydrogens (tertiary/aromatic N) is 2. The van der Waals surface area contributed by atoms with Crippen molar-refractivity contribution in [2.75, 3.05) is 33.9 Å². The second-order valence-corrected chi connectivity index (χ2v) is 11.8. The first-order chi connectivity index (χ1) is 18.9. The molecule has 0 bridgehead atoms. The van der Waals surface area contributed by atoms with Gasteiger partial charge >= 0.3 is 0 Å². The van der Waals surface area contributed by atoms with E-state index in [-0.39, 0.29) is 24.8 Å². The summed E-state index contributed by atoms with van der Waals surface area (Å²) in [4.78, 5) is 29.3. The van der Waals surface area contributed by atoms with Crippen LogP contribution in [0.4, 0.5) is 0 Å². The fourth-order valence-corrected chi connectivity index (χ4v) is 7.41. The van der Waals surface area contributed by atoms with Gasteiger partial charge in [-0.2, -0.15) is 0 Å². The Morgan fingerprint density at radius 1 is 0.949 bits per heavy atom. The van der Waals surface area contributed by atoms with Crippen molar-refractivity contribution in [1.82, 2.24) is 9.80 Å². The number of methoxy groups -OCH3 is 2. The molecular weight excluding hydrogens is 488 g/mol. The standard InChI is InChI=1S/C33H44N2O4/c1-6-23-20-34-11-9-24-14-21(2)22(3)15-27(24)29(34)16-26(23)17-30-28-19-32(39-5)31(38-4)18-25(28)10-12-35(30)33(37)8-7-13-36/h13-15,18-19,23,26,29-30H,6-12,16-17,20H2,1-5H3. The van der Waals surface area contributed by atoms with Gasteiger partial charge in [0, 0.05) is 38.5 Å². The average Bonchev–Trinajstić information content (AvgIpc) is 2.95. The summed E-state index contributed by atoms with van der Waals surface area (Å²) in [5, 5.41) is 0. The number of carbonyl (C=O) groups is 2. The molecule has 6 heteroatoms. The van der Waals surface area contributed by atoms with Crippen LogP contribution in [0.5, 0.6) is 11.5 Å². The molecule has 3 aliphatic heterocycles. The number of hydrogen-bond acceptors (Lipinski definition) is 5. The van der Waals surface area contributed by atoms with Gasteiger partial charge in [0.05, 0.1) is 20.3 Å². The second-order valence-electron chi connectivity index (χ2n) is 11.8. The van der Waals surface area contributed by atoms with Crippen LogP contribution in [0.2, 0.25) is 0 Å². The predicted octanol–water partition coefficient (Wildman–Crippen LogP) is 5.76. The van der Waals surface area contributed by atoms with Gasteiger partial charge in [-0.05, 0) is 96.9 Å². The molecule has 0 aromatic heterocycles. The summed E-state index contributed by atoms with van der Waals surface area (Å²) in [6.45, 7) is 9.68. The van der Waals surface area contributed by atoms with Crippen LogP contribution in [0.3, 0.4) is 0 Å². The van der Waals surface area contributed by atoms with Crippen molar-refractivity contribution in [3.63, 3.8) is 0 Å². The topological polar surface area (TPSA) is 59.1 Å². The van der Waals surface area contributed by atoms with Crippen molar-refractivity contribution in [3.05, 3.63) is 57.6 Å². The highest BCUT2D eigenvalue weighted by Crippen LogP contribution is 2.48. The van der Waals surface area contributed by atoms with Crippen LogP contribution < -0.4 is 9.47 Å². The first-order valence-electron chi connectivity index (χ1n) is 14.7. The van der Waals surface area contributed by atoms with E-state index in [1.54, 1.807) is 14.2 Å². The van der Waals surface area contributed by atoms with Crippen molar-refractivity contribution >= 4 is 12.2 Å². The van der Waals surface area contributed by atoms with Crippen molar-refractivity contribution in [2.24, 2.45) is 11.8 Å². The van der Waals surface area contributed by atoms with E-state index >= 15 is 0 Å². The monoisotopic (exact) mass is 532 g/mol. The molecule has 3 aliphatic rings. The molecule has 0 aliphatic carbocycles. The number of carbonyl (C=O) groups excluding carboxylic acids is 2. The molecule has 0 radical (unpaired) electrons. The summed E-state index contributed by atoms with van der Waals surface area (Å²) < 4.78 is 11.3. The summed E-state index contributed by atoms with van der Waals surface area (Å²) in [6.07, 6.45) is 6.49. The molecule has 1 fully saturated rings. The van der Waals surface area contributed by atoms with Crippen molar-refractivity contribution in [1.29, 1.82) is 0 Å². The molecule has 2 aromatic carbocycles. The summed E-state index contributed by atoms with van der Waals surface area (Å²) in [5.41, 5.74) is 8.19. The largest absolute Gasteiger partial charge is 0.493 e. The number of piperidine rings is 1. The van der Waals surface area contributed by atoms with Crippen LogP contribution in [0, 0.1) is 25.7 Å². The third-order valence-electron chi connectivity index (χ3n) is 9.73. The molecule has 39 heavy (non-hydrogen) atoms. The van der Waals surface area contributed by atoms with E-state index < -0.39 is 0 Å². The number of aldehydes is 1.